The molecule has 0 saturated carbocycles. The summed E-state index contributed by atoms with van der Waals surface area (Å²) in [5.41, 5.74) is 10.9. The normalized spacial score (nSPS) is 11.4. The van der Waals surface area contributed by atoms with Crippen LogP contribution < -0.4 is 5.73 Å². The summed E-state index contributed by atoms with van der Waals surface area (Å²) < 4.78 is 2.14. The lowest BCUT2D eigenvalue weighted by Gasteiger charge is -2.14. The fraction of sp³-hybridized carbons (Fsp3) is 0.250. The first-order valence-electron chi connectivity index (χ1n) is 6.78. The molecular formula is C16H18N4. The molecular weight excluding hydrogens is 248 g/mol. The van der Waals surface area contributed by atoms with E-state index in [2.05, 4.69) is 23.4 Å². The predicted octanol–water partition coefficient (Wildman–Crippen LogP) is 3.57. The van der Waals surface area contributed by atoms with Crippen LogP contribution in [0.25, 0.3) is 22.6 Å². The topological polar surface area (TPSA) is 56.7 Å². The van der Waals surface area contributed by atoms with Gasteiger partial charge in [-0.25, -0.2) is 9.97 Å². The van der Waals surface area contributed by atoms with E-state index in [0.717, 1.165) is 33.8 Å². The number of benzene rings is 1. The molecule has 102 valence electrons. The summed E-state index contributed by atoms with van der Waals surface area (Å²) >= 11 is 0. The maximum absolute atomic E-state index is 6.23. The van der Waals surface area contributed by atoms with E-state index in [0.29, 0.717) is 0 Å². The van der Waals surface area contributed by atoms with E-state index in [4.69, 9.17) is 10.7 Å². The molecule has 2 heterocycles. The summed E-state index contributed by atoms with van der Waals surface area (Å²) in [5, 5.41) is 0. The number of aryl methyl sites for hydroxylation is 1. The molecule has 0 aliphatic rings. The summed E-state index contributed by atoms with van der Waals surface area (Å²) in [7, 11) is 0. The van der Waals surface area contributed by atoms with Gasteiger partial charge in [-0.05, 0) is 44.5 Å². The van der Waals surface area contributed by atoms with E-state index in [-0.39, 0.29) is 6.04 Å². The number of nitrogen functional groups attached to an aromatic ring is 1. The molecule has 0 spiro atoms. The number of aromatic nitrogens is 3. The van der Waals surface area contributed by atoms with Crippen LogP contribution in [0.15, 0.2) is 36.5 Å². The minimum Gasteiger partial charge on any atom is -0.398 e. The molecule has 0 aliphatic carbocycles. The van der Waals surface area contributed by atoms with Crippen LogP contribution in [0.3, 0.4) is 0 Å². The predicted molar refractivity (Wildman–Crippen MR) is 82.5 cm³/mol. The standard InChI is InChI=1S/C16H18N4/c1-10(2)20-15(12-7-4-6-11(3)14(12)17)19-13-8-5-9-18-16(13)20/h4-10H,17H2,1-3H3. The number of hydrogen-bond acceptors (Lipinski definition) is 3. The number of nitrogens with zero attached hydrogens (tertiary/aromatic N) is 3. The second-order valence-electron chi connectivity index (χ2n) is 5.28. The monoisotopic (exact) mass is 266 g/mol. The number of nitrogens with two attached hydrogens (primary N) is 1. The molecule has 0 aliphatic heterocycles. The van der Waals surface area contributed by atoms with E-state index in [1.807, 2.05) is 37.3 Å². The van der Waals surface area contributed by atoms with Gasteiger partial charge in [-0.1, -0.05) is 12.1 Å². The van der Waals surface area contributed by atoms with E-state index < -0.39 is 0 Å². The fourth-order valence-corrected chi connectivity index (χ4v) is 2.48. The van der Waals surface area contributed by atoms with Gasteiger partial charge >= 0.3 is 0 Å². The number of fused-ring (bicyclic) bond motifs is 1. The van der Waals surface area contributed by atoms with E-state index in [9.17, 15) is 0 Å². The molecule has 0 unspecified atom stereocenters. The average Bonchev–Trinajstić information content (AvgIpc) is 2.81. The zero-order chi connectivity index (χ0) is 14.3. The highest BCUT2D eigenvalue weighted by Crippen LogP contribution is 2.32. The molecule has 3 aromatic rings. The molecule has 0 saturated heterocycles. The zero-order valence-corrected chi connectivity index (χ0v) is 12.0. The molecule has 0 radical (unpaired) electrons. The van der Waals surface area contributed by atoms with Crippen molar-refractivity contribution in [3.05, 3.63) is 42.1 Å². The van der Waals surface area contributed by atoms with Crippen molar-refractivity contribution in [2.75, 3.05) is 5.73 Å². The minimum absolute atomic E-state index is 0.268. The van der Waals surface area contributed by atoms with Gasteiger partial charge in [0.25, 0.3) is 0 Å². The van der Waals surface area contributed by atoms with Gasteiger partial charge in [0.05, 0.1) is 0 Å². The largest absolute Gasteiger partial charge is 0.398 e. The Morgan fingerprint density at radius 2 is 1.95 bits per heavy atom. The number of pyridine rings is 1. The van der Waals surface area contributed by atoms with Crippen molar-refractivity contribution >= 4 is 16.9 Å². The van der Waals surface area contributed by atoms with Crippen molar-refractivity contribution in [3.8, 4) is 11.4 Å². The maximum atomic E-state index is 6.23. The highest BCUT2D eigenvalue weighted by molar-refractivity contribution is 5.82. The zero-order valence-electron chi connectivity index (χ0n) is 12.0. The van der Waals surface area contributed by atoms with Gasteiger partial charge in [-0.3, -0.25) is 0 Å². The van der Waals surface area contributed by atoms with Gasteiger partial charge in [-0.15, -0.1) is 0 Å². The van der Waals surface area contributed by atoms with E-state index in [1.165, 1.54) is 0 Å². The van der Waals surface area contributed by atoms with Crippen molar-refractivity contribution < 1.29 is 0 Å². The lowest BCUT2D eigenvalue weighted by Crippen LogP contribution is -2.05. The van der Waals surface area contributed by atoms with Crippen molar-refractivity contribution in [1.82, 2.24) is 14.5 Å². The Morgan fingerprint density at radius 3 is 2.70 bits per heavy atom. The van der Waals surface area contributed by atoms with Crippen LogP contribution >= 0.6 is 0 Å². The molecule has 0 bridgehead atoms. The molecule has 2 N–H and O–H groups in total. The van der Waals surface area contributed by atoms with Crippen LogP contribution in [0.4, 0.5) is 5.69 Å². The van der Waals surface area contributed by atoms with Crippen LogP contribution in [0.1, 0.15) is 25.5 Å². The smallest absolute Gasteiger partial charge is 0.160 e. The van der Waals surface area contributed by atoms with Crippen molar-refractivity contribution in [1.29, 1.82) is 0 Å². The number of imidazole rings is 1. The van der Waals surface area contributed by atoms with Gasteiger partial charge in [-0.2, -0.15) is 0 Å². The molecule has 4 heteroatoms. The van der Waals surface area contributed by atoms with Crippen LogP contribution in [-0.4, -0.2) is 14.5 Å². The Hall–Kier alpha value is -2.36. The summed E-state index contributed by atoms with van der Waals surface area (Å²) in [4.78, 5) is 9.19. The third kappa shape index (κ3) is 1.84. The van der Waals surface area contributed by atoms with Gasteiger partial charge in [0, 0.05) is 23.5 Å². The van der Waals surface area contributed by atoms with Crippen LogP contribution in [0.2, 0.25) is 0 Å². The Balaban J connectivity index is 2.36. The molecule has 0 atom stereocenters. The first-order chi connectivity index (χ1) is 9.59. The number of anilines is 1. The summed E-state index contributed by atoms with van der Waals surface area (Å²) in [6, 6.07) is 10.2. The highest BCUT2D eigenvalue weighted by atomic mass is 15.1. The summed E-state index contributed by atoms with van der Waals surface area (Å²) in [5.74, 6) is 0.884. The second-order valence-corrected chi connectivity index (χ2v) is 5.28. The van der Waals surface area contributed by atoms with Gasteiger partial charge < -0.3 is 10.3 Å². The minimum atomic E-state index is 0.268. The number of hydrogen-bond donors (Lipinski definition) is 1. The van der Waals surface area contributed by atoms with Crippen LogP contribution in [0, 0.1) is 6.92 Å². The number of rotatable bonds is 2. The van der Waals surface area contributed by atoms with Crippen molar-refractivity contribution in [2.24, 2.45) is 0 Å². The van der Waals surface area contributed by atoms with E-state index in [1.54, 1.807) is 6.20 Å². The van der Waals surface area contributed by atoms with Gasteiger partial charge in [0.1, 0.15) is 11.3 Å². The quantitative estimate of drug-likeness (QED) is 0.721. The second kappa shape index (κ2) is 4.63. The fourth-order valence-electron chi connectivity index (χ4n) is 2.48. The Morgan fingerprint density at radius 1 is 1.15 bits per heavy atom. The lowest BCUT2D eigenvalue weighted by atomic mass is 10.1. The molecule has 20 heavy (non-hydrogen) atoms. The Kier molecular flexibility index (Phi) is 2.93. The molecule has 1 aromatic carbocycles. The third-order valence-electron chi connectivity index (χ3n) is 3.53. The van der Waals surface area contributed by atoms with Crippen molar-refractivity contribution in [2.45, 2.75) is 26.8 Å². The Bertz CT molecular complexity index is 771. The molecule has 0 fully saturated rings. The first kappa shape index (κ1) is 12.7. The molecule has 2 aromatic heterocycles. The van der Waals surface area contributed by atoms with Gasteiger partial charge in [0.2, 0.25) is 0 Å². The van der Waals surface area contributed by atoms with Crippen LogP contribution in [-0.2, 0) is 0 Å². The Labute approximate surface area is 118 Å². The van der Waals surface area contributed by atoms with E-state index >= 15 is 0 Å². The third-order valence-corrected chi connectivity index (χ3v) is 3.53. The summed E-state index contributed by atoms with van der Waals surface area (Å²) in [6.45, 7) is 6.27. The number of para-hydroxylation sites is 1. The van der Waals surface area contributed by atoms with Crippen LogP contribution in [0.5, 0.6) is 0 Å². The first-order valence-corrected chi connectivity index (χ1v) is 6.78. The molecule has 4 nitrogen and oxygen atoms in total. The SMILES string of the molecule is Cc1cccc(-c2nc3cccnc3n2C(C)C)c1N. The molecule has 0 amide bonds. The molecule has 3 rings (SSSR count). The van der Waals surface area contributed by atoms with Crippen molar-refractivity contribution in [3.63, 3.8) is 0 Å². The highest BCUT2D eigenvalue weighted by Gasteiger charge is 2.17. The summed E-state index contributed by atoms with van der Waals surface area (Å²) in [6.07, 6.45) is 1.80. The maximum Gasteiger partial charge on any atom is 0.160 e. The average molecular weight is 266 g/mol. The lowest BCUT2D eigenvalue weighted by molar-refractivity contribution is 0.620. The van der Waals surface area contributed by atoms with Gasteiger partial charge in [0.15, 0.2) is 5.65 Å².